The summed E-state index contributed by atoms with van der Waals surface area (Å²) in [7, 11) is 0. The number of nitrogens with one attached hydrogen (secondary N) is 1. The Hall–Kier alpha value is -3.33. The maximum Gasteiger partial charge on any atom is 0.437 e. The number of aromatic nitrogens is 2. The zero-order chi connectivity index (χ0) is 18.5. The highest BCUT2D eigenvalue weighted by Crippen LogP contribution is 2.17. The van der Waals surface area contributed by atoms with Crippen molar-refractivity contribution in [3.05, 3.63) is 53.2 Å². The Kier molecular flexibility index (Phi) is 5.18. The molecule has 0 fully saturated rings. The van der Waals surface area contributed by atoms with Gasteiger partial charge >= 0.3 is 5.76 Å². The van der Waals surface area contributed by atoms with Gasteiger partial charge in [0, 0.05) is 12.6 Å². The zero-order valence-corrected chi connectivity index (χ0v) is 13.9. The first kappa shape index (κ1) is 17.5. The van der Waals surface area contributed by atoms with Gasteiger partial charge in [0.1, 0.15) is 18.5 Å². The number of benzene rings is 1. The largest absolute Gasteiger partial charge is 0.491 e. The van der Waals surface area contributed by atoms with Crippen molar-refractivity contribution in [1.82, 2.24) is 9.78 Å². The van der Waals surface area contributed by atoms with E-state index in [9.17, 15) is 14.7 Å². The van der Waals surface area contributed by atoms with Gasteiger partial charge in [-0.3, -0.25) is 4.79 Å². The number of aliphatic hydroxyl groups excluding tert-OH is 1. The topological polar surface area (TPSA) is 120 Å². The molecule has 0 aliphatic carbocycles. The van der Waals surface area contributed by atoms with Gasteiger partial charge in [-0.2, -0.15) is 4.68 Å². The van der Waals surface area contributed by atoms with E-state index in [0.717, 1.165) is 4.68 Å². The maximum atomic E-state index is 11.8. The van der Waals surface area contributed by atoms with Crippen molar-refractivity contribution in [2.75, 3.05) is 11.9 Å². The first-order valence-electron chi connectivity index (χ1n) is 7.81. The van der Waals surface area contributed by atoms with Crippen LogP contribution in [0.2, 0.25) is 0 Å². The number of furan rings is 1. The first-order chi connectivity index (χ1) is 12.5. The predicted molar refractivity (Wildman–Crippen MR) is 90.7 cm³/mol. The van der Waals surface area contributed by atoms with E-state index in [1.807, 2.05) is 0 Å². The maximum absolute atomic E-state index is 11.8. The first-order valence-corrected chi connectivity index (χ1v) is 7.81. The van der Waals surface area contributed by atoms with Crippen molar-refractivity contribution in [3.63, 3.8) is 0 Å². The minimum Gasteiger partial charge on any atom is -0.491 e. The van der Waals surface area contributed by atoms with Crippen LogP contribution in [0.1, 0.15) is 6.92 Å². The van der Waals surface area contributed by atoms with E-state index in [-0.39, 0.29) is 24.9 Å². The molecule has 0 saturated carbocycles. The van der Waals surface area contributed by atoms with Gasteiger partial charge in [0.05, 0.1) is 12.8 Å². The molecule has 1 aromatic carbocycles. The normalized spacial score (nSPS) is 11.9. The zero-order valence-electron chi connectivity index (χ0n) is 13.9. The molecule has 0 aliphatic rings. The third-order valence-electron chi connectivity index (χ3n) is 3.34. The van der Waals surface area contributed by atoms with Crippen LogP contribution in [-0.2, 0) is 11.3 Å². The number of carbonyl (C=O) groups excluding carboxylic acids is 1. The average Bonchev–Trinajstić information content (AvgIpc) is 3.24. The van der Waals surface area contributed by atoms with Gasteiger partial charge in [0.15, 0.2) is 5.76 Å². The highest BCUT2D eigenvalue weighted by molar-refractivity contribution is 5.88. The lowest BCUT2D eigenvalue weighted by molar-refractivity contribution is -0.114. The average molecular weight is 359 g/mol. The number of carbonyl (C=O) groups is 1. The molecule has 9 heteroatoms. The second-order valence-electron chi connectivity index (χ2n) is 5.50. The van der Waals surface area contributed by atoms with Crippen molar-refractivity contribution in [3.8, 4) is 17.4 Å². The summed E-state index contributed by atoms with van der Waals surface area (Å²) in [6.07, 6.45) is 0.464. The second kappa shape index (κ2) is 7.70. The molecule has 2 heterocycles. The van der Waals surface area contributed by atoms with E-state index in [1.54, 1.807) is 36.4 Å². The van der Waals surface area contributed by atoms with E-state index in [1.165, 1.54) is 13.2 Å². The lowest BCUT2D eigenvalue weighted by Crippen LogP contribution is -2.29. The molecular formula is C17H17N3O6. The molecule has 3 aromatic rings. The smallest absolute Gasteiger partial charge is 0.437 e. The van der Waals surface area contributed by atoms with Crippen molar-refractivity contribution in [2.24, 2.45) is 0 Å². The van der Waals surface area contributed by atoms with Crippen LogP contribution in [-0.4, -0.2) is 33.5 Å². The molecule has 0 radical (unpaired) electrons. The number of hydrogen-bond acceptors (Lipinski definition) is 7. The van der Waals surface area contributed by atoms with Crippen LogP contribution in [0.3, 0.4) is 0 Å². The Morgan fingerprint density at radius 2 is 2.12 bits per heavy atom. The molecule has 0 saturated heterocycles. The van der Waals surface area contributed by atoms with Crippen LogP contribution in [0, 0.1) is 0 Å². The number of nitrogens with zero attached hydrogens (tertiary/aromatic N) is 2. The van der Waals surface area contributed by atoms with Crippen molar-refractivity contribution in [2.45, 2.75) is 19.6 Å². The summed E-state index contributed by atoms with van der Waals surface area (Å²) < 4.78 is 16.6. The predicted octanol–water partition coefficient (Wildman–Crippen LogP) is 1.49. The number of rotatable bonds is 7. The van der Waals surface area contributed by atoms with E-state index in [4.69, 9.17) is 13.6 Å². The Bertz CT molecular complexity index is 911. The monoisotopic (exact) mass is 359 g/mol. The highest BCUT2D eigenvalue weighted by Gasteiger charge is 2.15. The third-order valence-corrected chi connectivity index (χ3v) is 3.34. The minimum atomic E-state index is -0.975. The number of ether oxygens (including phenoxy) is 1. The number of amides is 1. The van der Waals surface area contributed by atoms with E-state index in [0.29, 0.717) is 17.2 Å². The molecule has 0 bridgehead atoms. The van der Waals surface area contributed by atoms with Crippen molar-refractivity contribution >= 4 is 11.6 Å². The fourth-order valence-corrected chi connectivity index (χ4v) is 2.20. The summed E-state index contributed by atoms with van der Waals surface area (Å²) in [5.74, 6) is 0.0191. The molecule has 2 N–H and O–H groups in total. The number of aliphatic hydroxyl groups is 1. The summed E-state index contributed by atoms with van der Waals surface area (Å²) >= 11 is 0. The molecular weight excluding hydrogens is 342 g/mol. The third kappa shape index (κ3) is 4.39. The van der Waals surface area contributed by atoms with E-state index in [2.05, 4.69) is 10.4 Å². The minimum absolute atomic E-state index is 0.0432. The van der Waals surface area contributed by atoms with Gasteiger partial charge in [-0.15, -0.1) is 5.10 Å². The molecule has 1 atom stereocenters. The Labute approximate surface area is 147 Å². The Balaban J connectivity index is 1.55. The highest BCUT2D eigenvalue weighted by atomic mass is 16.5. The number of anilines is 1. The summed E-state index contributed by atoms with van der Waals surface area (Å²) in [6, 6.07) is 9.94. The van der Waals surface area contributed by atoms with Crippen LogP contribution in [0.15, 0.2) is 56.3 Å². The molecule has 9 nitrogen and oxygen atoms in total. The van der Waals surface area contributed by atoms with Crippen LogP contribution in [0.4, 0.5) is 5.69 Å². The lowest BCUT2D eigenvalue weighted by atomic mass is 10.3. The summed E-state index contributed by atoms with van der Waals surface area (Å²) in [4.78, 5) is 22.7. The number of hydrogen-bond donors (Lipinski definition) is 2. The standard InChI is InChI=1S/C17H17N3O6/c1-11(21)18-12-4-6-14(7-5-12)25-10-13(22)9-20-17(23)26-16(19-20)15-3-2-8-24-15/h2-8,13,22H,9-10H2,1H3,(H,18,21)/t13-/m1/s1. The molecule has 1 amide bonds. The van der Waals surface area contributed by atoms with E-state index >= 15 is 0 Å². The molecule has 26 heavy (non-hydrogen) atoms. The van der Waals surface area contributed by atoms with Gasteiger partial charge in [-0.1, -0.05) is 0 Å². The fourth-order valence-electron chi connectivity index (χ4n) is 2.20. The SMILES string of the molecule is CC(=O)Nc1ccc(OC[C@H](O)Cn2nc(-c3ccco3)oc2=O)cc1. The summed E-state index contributed by atoms with van der Waals surface area (Å²) in [6.45, 7) is 1.28. The van der Waals surface area contributed by atoms with E-state index < -0.39 is 11.9 Å². The Morgan fingerprint density at radius 3 is 2.77 bits per heavy atom. The van der Waals surface area contributed by atoms with Gasteiger partial charge in [-0.05, 0) is 36.4 Å². The molecule has 2 aromatic heterocycles. The summed E-state index contributed by atoms with van der Waals surface area (Å²) in [5.41, 5.74) is 0.644. The van der Waals surface area contributed by atoms with Gasteiger partial charge in [0.25, 0.3) is 5.89 Å². The molecule has 136 valence electrons. The van der Waals surface area contributed by atoms with Gasteiger partial charge in [-0.25, -0.2) is 4.79 Å². The Morgan fingerprint density at radius 1 is 1.35 bits per heavy atom. The van der Waals surface area contributed by atoms with Crippen LogP contribution in [0.5, 0.6) is 5.75 Å². The van der Waals surface area contributed by atoms with Crippen molar-refractivity contribution < 1.29 is 23.5 Å². The quantitative estimate of drug-likeness (QED) is 0.656. The molecule has 0 spiro atoms. The van der Waals surface area contributed by atoms with Gasteiger partial charge in [0.2, 0.25) is 5.91 Å². The van der Waals surface area contributed by atoms with Crippen molar-refractivity contribution in [1.29, 1.82) is 0 Å². The van der Waals surface area contributed by atoms with Gasteiger partial charge < -0.3 is 24.0 Å². The lowest BCUT2D eigenvalue weighted by Gasteiger charge is -2.12. The van der Waals surface area contributed by atoms with Crippen LogP contribution >= 0.6 is 0 Å². The molecule has 3 rings (SSSR count). The summed E-state index contributed by atoms with van der Waals surface area (Å²) in [5, 5.41) is 16.7. The van der Waals surface area contributed by atoms with Crippen LogP contribution in [0.25, 0.3) is 11.7 Å². The second-order valence-corrected chi connectivity index (χ2v) is 5.50. The molecule has 0 unspecified atom stereocenters. The molecule has 0 aliphatic heterocycles. The fraction of sp³-hybridized carbons (Fsp3) is 0.235. The van der Waals surface area contributed by atoms with Crippen LogP contribution < -0.4 is 15.8 Å².